The lowest BCUT2D eigenvalue weighted by Crippen LogP contribution is -2.12. The molecular weight excluding hydrogens is 216 g/mol. The summed E-state index contributed by atoms with van der Waals surface area (Å²) in [4.78, 5) is 10.5. The second kappa shape index (κ2) is 6.89. The fraction of sp³-hybridized carbons (Fsp3) is 0.538. The van der Waals surface area contributed by atoms with Crippen molar-refractivity contribution in [2.75, 3.05) is 11.9 Å². The molecule has 0 fully saturated rings. The van der Waals surface area contributed by atoms with Crippen LogP contribution in [0, 0.1) is 16.0 Å². The molecule has 1 N–H and O–H groups in total. The molecule has 0 aliphatic rings. The highest BCUT2D eigenvalue weighted by Gasteiger charge is 2.12. The number of unbranched alkanes of at least 4 members (excludes halogenated alkanes) is 1. The summed E-state index contributed by atoms with van der Waals surface area (Å²) >= 11 is 0. The van der Waals surface area contributed by atoms with Crippen LogP contribution in [0.15, 0.2) is 24.3 Å². The van der Waals surface area contributed by atoms with Gasteiger partial charge in [0.05, 0.1) is 4.92 Å². The zero-order chi connectivity index (χ0) is 12.7. The molecule has 0 heterocycles. The molecule has 1 atom stereocenters. The molecule has 0 saturated carbocycles. The lowest BCUT2D eigenvalue weighted by atomic mass is 10.0. The van der Waals surface area contributed by atoms with Crippen LogP contribution >= 0.6 is 0 Å². The Hall–Kier alpha value is -1.58. The molecule has 0 bridgehead atoms. The highest BCUT2D eigenvalue weighted by atomic mass is 16.6. The number of hydrogen-bond donors (Lipinski definition) is 1. The number of rotatable bonds is 7. The van der Waals surface area contributed by atoms with Crippen molar-refractivity contribution in [3.05, 3.63) is 34.4 Å². The van der Waals surface area contributed by atoms with Crippen LogP contribution in [0.2, 0.25) is 0 Å². The number of nitro groups is 1. The van der Waals surface area contributed by atoms with Gasteiger partial charge in [0.15, 0.2) is 0 Å². The van der Waals surface area contributed by atoms with Crippen molar-refractivity contribution in [3.8, 4) is 0 Å². The predicted molar refractivity (Wildman–Crippen MR) is 70.3 cm³/mol. The van der Waals surface area contributed by atoms with Crippen molar-refractivity contribution >= 4 is 11.4 Å². The van der Waals surface area contributed by atoms with Gasteiger partial charge in [0, 0.05) is 12.6 Å². The monoisotopic (exact) mass is 236 g/mol. The van der Waals surface area contributed by atoms with Crippen LogP contribution in [-0.4, -0.2) is 11.5 Å². The Morgan fingerprint density at radius 3 is 2.76 bits per heavy atom. The zero-order valence-electron chi connectivity index (χ0n) is 10.5. The van der Waals surface area contributed by atoms with Gasteiger partial charge in [0.1, 0.15) is 5.69 Å². The number of nitrogens with one attached hydrogen (secondary N) is 1. The fourth-order valence-electron chi connectivity index (χ4n) is 1.72. The zero-order valence-corrected chi connectivity index (χ0v) is 10.5. The Kier molecular flexibility index (Phi) is 5.46. The second-order valence-corrected chi connectivity index (χ2v) is 4.40. The van der Waals surface area contributed by atoms with Crippen LogP contribution in [-0.2, 0) is 0 Å². The highest BCUT2D eigenvalue weighted by molar-refractivity contribution is 5.61. The average molecular weight is 236 g/mol. The van der Waals surface area contributed by atoms with Gasteiger partial charge < -0.3 is 5.32 Å². The summed E-state index contributed by atoms with van der Waals surface area (Å²) in [6.45, 7) is 5.12. The van der Waals surface area contributed by atoms with Gasteiger partial charge in [-0.1, -0.05) is 38.8 Å². The van der Waals surface area contributed by atoms with E-state index in [4.69, 9.17) is 0 Å². The third-order valence-electron chi connectivity index (χ3n) is 2.79. The van der Waals surface area contributed by atoms with E-state index in [1.54, 1.807) is 12.1 Å². The molecule has 1 aromatic carbocycles. The van der Waals surface area contributed by atoms with Crippen molar-refractivity contribution in [3.63, 3.8) is 0 Å². The van der Waals surface area contributed by atoms with E-state index in [0.717, 1.165) is 13.0 Å². The van der Waals surface area contributed by atoms with Crippen molar-refractivity contribution < 1.29 is 4.92 Å². The van der Waals surface area contributed by atoms with Crippen molar-refractivity contribution in [2.45, 2.75) is 33.1 Å². The smallest absolute Gasteiger partial charge is 0.292 e. The van der Waals surface area contributed by atoms with Crippen molar-refractivity contribution in [1.29, 1.82) is 0 Å². The van der Waals surface area contributed by atoms with E-state index < -0.39 is 0 Å². The summed E-state index contributed by atoms with van der Waals surface area (Å²) in [5.74, 6) is 0.537. The topological polar surface area (TPSA) is 55.2 Å². The quantitative estimate of drug-likeness (QED) is 0.578. The number of para-hydroxylation sites is 2. The van der Waals surface area contributed by atoms with Crippen LogP contribution in [0.3, 0.4) is 0 Å². The summed E-state index contributed by atoms with van der Waals surface area (Å²) in [7, 11) is 0. The van der Waals surface area contributed by atoms with E-state index in [9.17, 15) is 10.1 Å². The van der Waals surface area contributed by atoms with Gasteiger partial charge >= 0.3 is 0 Å². The van der Waals surface area contributed by atoms with Crippen LogP contribution in [0.25, 0.3) is 0 Å². The van der Waals surface area contributed by atoms with E-state index in [-0.39, 0.29) is 10.6 Å². The van der Waals surface area contributed by atoms with Gasteiger partial charge in [-0.25, -0.2) is 0 Å². The van der Waals surface area contributed by atoms with Gasteiger partial charge in [-0.05, 0) is 18.4 Å². The van der Waals surface area contributed by atoms with Crippen LogP contribution in [0.5, 0.6) is 0 Å². The molecule has 4 heteroatoms. The standard InChI is InChI=1S/C13H20N2O2/c1-3-4-7-11(2)10-14-12-8-5-6-9-13(12)15(16)17/h5-6,8-9,11,14H,3-4,7,10H2,1-2H3. The molecule has 0 spiro atoms. The Labute approximate surface area is 102 Å². The minimum Gasteiger partial charge on any atom is -0.379 e. The molecule has 0 aliphatic heterocycles. The van der Waals surface area contributed by atoms with Crippen LogP contribution in [0.1, 0.15) is 33.1 Å². The van der Waals surface area contributed by atoms with Gasteiger partial charge in [0.2, 0.25) is 0 Å². The first-order valence-electron chi connectivity index (χ1n) is 6.12. The SMILES string of the molecule is CCCCC(C)CNc1ccccc1[N+](=O)[O-]. The van der Waals surface area contributed by atoms with Crippen molar-refractivity contribution in [2.24, 2.45) is 5.92 Å². The first kappa shape index (κ1) is 13.5. The summed E-state index contributed by atoms with van der Waals surface area (Å²) in [5, 5.41) is 14.0. The maximum atomic E-state index is 10.8. The van der Waals surface area contributed by atoms with Crippen molar-refractivity contribution in [1.82, 2.24) is 0 Å². The van der Waals surface area contributed by atoms with E-state index in [0.29, 0.717) is 11.6 Å². The molecule has 4 nitrogen and oxygen atoms in total. The minimum atomic E-state index is -0.348. The van der Waals surface area contributed by atoms with Crippen LogP contribution < -0.4 is 5.32 Å². The Bertz CT molecular complexity index is 366. The molecule has 0 saturated heterocycles. The Morgan fingerprint density at radius 2 is 2.12 bits per heavy atom. The third kappa shape index (κ3) is 4.43. The summed E-state index contributed by atoms with van der Waals surface area (Å²) in [6, 6.07) is 6.78. The molecule has 1 rings (SSSR count). The molecule has 0 aromatic heterocycles. The van der Waals surface area contributed by atoms with Gasteiger partial charge in [-0.3, -0.25) is 10.1 Å². The number of anilines is 1. The fourth-order valence-corrected chi connectivity index (χ4v) is 1.72. The molecule has 1 unspecified atom stereocenters. The normalized spacial score (nSPS) is 12.1. The largest absolute Gasteiger partial charge is 0.379 e. The van der Waals surface area contributed by atoms with Gasteiger partial charge in [-0.15, -0.1) is 0 Å². The average Bonchev–Trinajstić information content (AvgIpc) is 2.34. The molecule has 0 aliphatic carbocycles. The first-order chi connectivity index (χ1) is 8.15. The maximum Gasteiger partial charge on any atom is 0.292 e. The number of hydrogen-bond acceptors (Lipinski definition) is 3. The maximum absolute atomic E-state index is 10.8. The molecule has 1 aromatic rings. The van der Waals surface area contributed by atoms with E-state index >= 15 is 0 Å². The second-order valence-electron chi connectivity index (χ2n) is 4.40. The van der Waals surface area contributed by atoms with Crippen LogP contribution in [0.4, 0.5) is 11.4 Å². The van der Waals surface area contributed by atoms with E-state index in [1.165, 1.54) is 18.9 Å². The Morgan fingerprint density at radius 1 is 1.41 bits per heavy atom. The first-order valence-corrected chi connectivity index (χ1v) is 6.12. The number of benzene rings is 1. The summed E-state index contributed by atoms with van der Waals surface area (Å²) < 4.78 is 0. The molecule has 94 valence electrons. The van der Waals surface area contributed by atoms with E-state index in [1.807, 2.05) is 6.07 Å². The minimum absolute atomic E-state index is 0.148. The third-order valence-corrected chi connectivity index (χ3v) is 2.79. The highest BCUT2D eigenvalue weighted by Crippen LogP contribution is 2.23. The predicted octanol–water partition coefficient (Wildman–Crippen LogP) is 3.83. The molecule has 0 radical (unpaired) electrons. The number of nitro benzene ring substituents is 1. The van der Waals surface area contributed by atoms with Gasteiger partial charge in [0.25, 0.3) is 5.69 Å². The molecular formula is C13H20N2O2. The number of nitrogens with zero attached hydrogens (tertiary/aromatic N) is 1. The van der Waals surface area contributed by atoms with Gasteiger partial charge in [-0.2, -0.15) is 0 Å². The molecule has 0 amide bonds. The summed E-state index contributed by atoms with van der Waals surface area (Å²) in [5.41, 5.74) is 0.760. The van der Waals surface area contributed by atoms with E-state index in [2.05, 4.69) is 19.2 Å². The lowest BCUT2D eigenvalue weighted by molar-refractivity contribution is -0.384. The Balaban J connectivity index is 2.54. The molecule has 17 heavy (non-hydrogen) atoms. The summed E-state index contributed by atoms with van der Waals surface area (Å²) in [6.07, 6.45) is 3.56. The lowest BCUT2D eigenvalue weighted by Gasteiger charge is -2.13.